The first-order valence-corrected chi connectivity index (χ1v) is 9.29. The van der Waals surface area contributed by atoms with E-state index in [4.69, 9.17) is 27.9 Å². The Morgan fingerprint density at radius 1 is 1.24 bits per heavy atom. The number of esters is 1. The summed E-state index contributed by atoms with van der Waals surface area (Å²) in [6.07, 6.45) is 0.497. The Hall–Kier alpha value is -1.76. The third kappa shape index (κ3) is 6.94. The molecular weight excluding hydrogens is 383 g/mol. The van der Waals surface area contributed by atoms with Gasteiger partial charge in [0, 0.05) is 17.0 Å². The number of carbonyl (C=O) groups excluding carboxylic acids is 2. The van der Waals surface area contributed by atoms with Gasteiger partial charge in [-0.3, -0.25) is 9.59 Å². The van der Waals surface area contributed by atoms with Crippen molar-refractivity contribution in [3.05, 3.63) is 58.2 Å². The Labute approximate surface area is 160 Å². The van der Waals surface area contributed by atoms with Gasteiger partial charge in [-0.25, -0.2) is 4.98 Å². The van der Waals surface area contributed by atoms with Gasteiger partial charge in [-0.1, -0.05) is 35.3 Å². The largest absolute Gasteiger partial charge is 0.452 e. The number of halogens is 2. The van der Waals surface area contributed by atoms with Gasteiger partial charge in [-0.05, 0) is 36.8 Å². The molecule has 1 N–H and O–H groups in total. The number of nitrogens with one attached hydrogen (secondary N) is 1. The minimum absolute atomic E-state index is 0.142. The highest BCUT2D eigenvalue weighted by Crippen LogP contribution is 2.17. The molecule has 0 saturated heterocycles. The van der Waals surface area contributed by atoms with Gasteiger partial charge in [-0.15, -0.1) is 11.8 Å². The lowest BCUT2D eigenvalue weighted by atomic mass is 10.2. The van der Waals surface area contributed by atoms with E-state index in [9.17, 15) is 9.59 Å². The van der Waals surface area contributed by atoms with E-state index >= 15 is 0 Å². The lowest BCUT2D eigenvalue weighted by Crippen LogP contribution is -2.30. The predicted molar refractivity (Wildman–Crippen MR) is 101 cm³/mol. The third-order valence-electron chi connectivity index (χ3n) is 3.03. The molecule has 1 unspecified atom stereocenters. The van der Waals surface area contributed by atoms with E-state index in [0.29, 0.717) is 21.6 Å². The van der Waals surface area contributed by atoms with Gasteiger partial charge in [0.2, 0.25) is 0 Å². The van der Waals surface area contributed by atoms with Gasteiger partial charge < -0.3 is 10.1 Å². The van der Waals surface area contributed by atoms with Crippen LogP contribution in [0.1, 0.15) is 12.5 Å². The average Bonchev–Trinajstić information content (AvgIpc) is 2.57. The number of amides is 1. The van der Waals surface area contributed by atoms with Gasteiger partial charge in [0.25, 0.3) is 5.91 Å². The summed E-state index contributed by atoms with van der Waals surface area (Å²) in [7, 11) is 0. The highest BCUT2D eigenvalue weighted by molar-refractivity contribution is 7.99. The van der Waals surface area contributed by atoms with Crippen LogP contribution in [-0.2, 0) is 20.1 Å². The lowest BCUT2D eigenvalue weighted by Gasteiger charge is -2.13. The molecule has 0 aliphatic heterocycles. The van der Waals surface area contributed by atoms with Gasteiger partial charge in [0.05, 0.1) is 10.8 Å². The minimum Gasteiger partial charge on any atom is -0.452 e. The number of ether oxygens (including phenoxy) is 1. The van der Waals surface area contributed by atoms with Gasteiger partial charge >= 0.3 is 5.97 Å². The molecular formula is C17H16Cl2N2O3S. The number of hydrogen-bond donors (Lipinski definition) is 1. The zero-order valence-corrected chi connectivity index (χ0v) is 15.7. The molecule has 1 heterocycles. The van der Waals surface area contributed by atoms with Crippen LogP contribution in [0.4, 0.5) is 5.82 Å². The Morgan fingerprint density at radius 2 is 2.04 bits per heavy atom. The molecule has 132 valence electrons. The standard InChI is InChI=1S/C17H16Cl2N2O3S/c1-11(17(23)21-15-6-5-14(19)8-20-15)24-16(22)10-25-9-12-3-2-4-13(18)7-12/h2-8,11H,9-10H2,1H3,(H,20,21,23). The zero-order valence-electron chi connectivity index (χ0n) is 13.4. The van der Waals surface area contributed by atoms with Crippen LogP contribution < -0.4 is 5.32 Å². The molecule has 1 aromatic carbocycles. The summed E-state index contributed by atoms with van der Waals surface area (Å²) in [6, 6.07) is 10.6. The Morgan fingerprint density at radius 3 is 2.72 bits per heavy atom. The summed E-state index contributed by atoms with van der Waals surface area (Å²) in [6.45, 7) is 1.50. The van der Waals surface area contributed by atoms with Crippen LogP contribution in [0.2, 0.25) is 10.0 Å². The highest BCUT2D eigenvalue weighted by Gasteiger charge is 2.18. The van der Waals surface area contributed by atoms with Crippen molar-refractivity contribution in [2.75, 3.05) is 11.1 Å². The first-order chi connectivity index (χ1) is 11.9. The molecule has 0 saturated carbocycles. The summed E-state index contributed by atoms with van der Waals surface area (Å²) in [5.74, 6) is 0.197. The van der Waals surface area contributed by atoms with Crippen molar-refractivity contribution >= 4 is 52.7 Å². The van der Waals surface area contributed by atoms with Crippen LogP contribution in [0, 0.1) is 0 Å². The number of anilines is 1. The Bertz CT molecular complexity index is 741. The fourth-order valence-electron chi connectivity index (χ4n) is 1.84. The van der Waals surface area contributed by atoms with Crippen molar-refractivity contribution in [2.24, 2.45) is 0 Å². The van der Waals surface area contributed by atoms with Crippen molar-refractivity contribution < 1.29 is 14.3 Å². The second kappa shape index (κ2) is 9.65. The summed E-state index contributed by atoms with van der Waals surface area (Å²) in [5, 5.41) is 3.68. The average molecular weight is 399 g/mol. The van der Waals surface area contributed by atoms with E-state index in [0.717, 1.165) is 5.56 Å². The molecule has 0 fully saturated rings. The topological polar surface area (TPSA) is 68.3 Å². The van der Waals surface area contributed by atoms with Crippen LogP contribution >= 0.6 is 35.0 Å². The normalized spacial score (nSPS) is 11.6. The quantitative estimate of drug-likeness (QED) is 0.707. The molecule has 1 atom stereocenters. The first-order valence-electron chi connectivity index (χ1n) is 7.38. The van der Waals surface area contributed by atoms with E-state index in [-0.39, 0.29) is 5.75 Å². The van der Waals surface area contributed by atoms with Crippen LogP contribution in [0.15, 0.2) is 42.6 Å². The SMILES string of the molecule is CC(OC(=O)CSCc1cccc(Cl)c1)C(=O)Nc1ccc(Cl)cn1. The van der Waals surface area contributed by atoms with Crippen molar-refractivity contribution in [3.8, 4) is 0 Å². The van der Waals surface area contributed by atoms with Crippen LogP contribution in [0.3, 0.4) is 0 Å². The number of thioether (sulfide) groups is 1. The predicted octanol–water partition coefficient (Wildman–Crippen LogP) is 4.19. The second-order valence-corrected chi connectivity index (χ2v) is 6.96. The maximum absolute atomic E-state index is 12.0. The first kappa shape index (κ1) is 19.6. The molecule has 2 aromatic rings. The molecule has 1 aromatic heterocycles. The molecule has 25 heavy (non-hydrogen) atoms. The molecule has 2 rings (SSSR count). The van der Waals surface area contributed by atoms with Crippen molar-refractivity contribution in [1.29, 1.82) is 0 Å². The molecule has 0 spiro atoms. The van der Waals surface area contributed by atoms with Gasteiger partial charge in [-0.2, -0.15) is 0 Å². The lowest BCUT2D eigenvalue weighted by molar-refractivity contribution is -0.150. The number of nitrogens with zero attached hydrogens (tertiary/aromatic N) is 1. The minimum atomic E-state index is -0.920. The number of benzene rings is 1. The van der Waals surface area contributed by atoms with Crippen molar-refractivity contribution in [1.82, 2.24) is 4.98 Å². The molecule has 0 aliphatic carbocycles. The fourth-order valence-corrected chi connectivity index (χ4v) is 2.92. The van der Waals surface area contributed by atoms with Crippen molar-refractivity contribution in [2.45, 2.75) is 18.8 Å². The number of pyridine rings is 1. The molecule has 0 radical (unpaired) electrons. The maximum Gasteiger partial charge on any atom is 0.316 e. The molecule has 0 aliphatic rings. The van der Waals surface area contributed by atoms with Gasteiger partial charge in [0.15, 0.2) is 6.10 Å². The monoisotopic (exact) mass is 398 g/mol. The molecule has 0 bridgehead atoms. The summed E-state index contributed by atoms with van der Waals surface area (Å²) < 4.78 is 5.12. The zero-order chi connectivity index (χ0) is 18.2. The third-order valence-corrected chi connectivity index (χ3v) is 4.47. The van der Waals surface area contributed by atoms with Gasteiger partial charge in [0.1, 0.15) is 5.82 Å². The maximum atomic E-state index is 12.0. The summed E-state index contributed by atoms with van der Waals surface area (Å²) >= 11 is 13.0. The fraction of sp³-hybridized carbons (Fsp3) is 0.235. The van der Waals surface area contributed by atoms with Crippen LogP contribution in [-0.4, -0.2) is 28.7 Å². The van der Waals surface area contributed by atoms with E-state index in [1.807, 2.05) is 18.2 Å². The number of aromatic nitrogens is 1. The second-order valence-electron chi connectivity index (χ2n) is 5.11. The Kier molecular flexibility index (Phi) is 7.55. The molecule has 5 nitrogen and oxygen atoms in total. The summed E-state index contributed by atoms with van der Waals surface area (Å²) in [5.41, 5.74) is 1.02. The van der Waals surface area contributed by atoms with E-state index in [1.165, 1.54) is 24.9 Å². The van der Waals surface area contributed by atoms with Crippen LogP contribution in [0.5, 0.6) is 0 Å². The van der Waals surface area contributed by atoms with E-state index in [2.05, 4.69) is 10.3 Å². The molecule has 1 amide bonds. The Balaban J connectivity index is 1.73. The molecule has 8 heteroatoms. The highest BCUT2D eigenvalue weighted by atomic mass is 35.5. The number of hydrogen-bond acceptors (Lipinski definition) is 5. The van der Waals surface area contributed by atoms with E-state index < -0.39 is 18.0 Å². The van der Waals surface area contributed by atoms with E-state index in [1.54, 1.807) is 18.2 Å². The smallest absolute Gasteiger partial charge is 0.316 e. The number of rotatable bonds is 7. The van der Waals surface area contributed by atoms with Crippen molar-refractivity contribution in [3.63, 3.8) is 0 Å². The number of carbonyl (C=O) groups is 2. The van der Waals surface area contributed by atoms with Crippen LogP contribution in [0.25, 0.3) is 0 Å². The summed E-state index contributed by atoms with van der Waals surface area (Å²) in [4.78, 5) is 27.8.